The van der Waals surface area contributed by atoms with Gasteiger partial charge in [0.2, 0.25) is 5.76 Å². The predicted molar refractivity (Wildman–Crippen MR) is 154 cm³/mol. The van der Waals surface area contributed by atoms with Gasteiger partial charge >= 0.3 is 5.97 Å². The zero-order valence-corrected chi connectivity index (χ0v) is 25.3. The average molecular weight is 563 g/mol. The van der Waals surface area contributed by atoms with Crippen LogP contribution in [0.4, 0.5) is 0 Å². The van der Waals surface area contributed by atoms with Crippen molar-refractivity contribution in [1.82, 2.24) is 0 Å². The summed E-state index contributed by atoms with van der Waals surface area (Å²) in [6.07, 6.45) is 14.4. The summed E-state index contributed by atoms with van der Waals surface area (Å²) in [6.45, 7) is 11.9. The van der Waals surface area contributed by atoms with Gasteiger partial charge in [0.15, 0.2) is 11.9 Å². The molecule has 1 aliphatic heterocycles. The third-order valence-corrected chi connectivity index (χ3v) is 11.8. The summed E-state index contributed by atoms with van der Waals surface area (Å²) in [5.41, 5.74) is 2.60. The highest BCUT2D eigenvalue weighted by molar-refractivity contribution is 5.89. The minimum Gasteiger partial charge on any atom is -0.505 e. The molecule has 0 bridgehead atoms. The molecule has 0 unspecified atom stereocenters. The second-order valence-corrected chi connectivity index (χ2v) is 14.5. The van der Waals surface area contributed by atoms with Gasteiger partial charge in [-0.15, -0.1) is 0 Å². The third kappa shape index (κ3) is 5.85. The molecule has 5 N–H and O–H groups in total. The Bertz CT molecular complexity index is 972. The maximum absolute atomic E-state index is 10.5. The van der Waals surface area contributed by atoms with Gasteiger partial charge < -0.3 is 30.3 Å². The third-order valence-electron chi connectivity index (χ3n) is 11.8. The number of carbonyl (C=O) groups is 1. The van der Waals surface area contributed by atoms with E-state index in [4.69, 9.17) is 20.4 Å². The Hall–Kier alpha value is -1.57. The van der Waals surface area contributed by atoms with Crippen LogP contribution in [0.25, 0.3) is 0 Å². The number of fused-ring (bicyclic) bond motifs is 5. The highest BCUT2D eigenvalue weighted by atomic mass is 16.6. The predicted octanol–water partition coefficient (Wildman–Crippen LogP) is 5.98. The van der Waals surface area contributed by atoms with Gasteiger partial charge in [0, 0.05) is 0 Å². The molecule has 7 heteroatoms. The van der Waals surface area contributed by atoms with Gasteiger partial charge in [-0.1, -0.05) is 65.5 Å². The molecule has 5 rings (SSSR count). The van der Waals surface area contributed by atoms with Crippen molar-refractivity contribution in [2.24, 2.45) is 46.3 Å². The van der Waals surface area contributed by atoms with Gasteiger partial charge in [-0.3, -0.25) is 0 Å². The first kappa shape index (κ1) is 31.4. The van der Waals surface area contributed by atoms with Crippen LogP contribution in [0.5, 0.6) is 0 Å². The number of esters is 1. The number of carbonyl (C=O) groups excluding carboxylic acids is 1. The van der Waals surface area contributed by atoms with Crippen LogP contribution < -0.4 is 0 Å². The van der Waals surface area contributed by atoms with Crippen LogP contribution in [-0.2, 0) is 9.53 Å². The molecule has 4 aliphatic carbocycles. The maximum Gasteiger partial charge on any atom is 0.377 e. The monoisotopic (exact) mass is 562 g/mol. The van der Waals surface area contributed by atoms with E-state index in [1.807, 2.05) is 0 Å². The normalized spacial score (nSPS) is 40.3. The molecule has 40 heavy (non-hydrogen) atoms. The van der Waals surface area contributed by atoms with Gasteiger partial charge in [-0.25, -0.2) is 4.79 Å². The van der Waals surface area contributed by atoms with Crippen molar-refractivity contribution in [2.75, 3.05) is 6.61 Å². The van der Waals surface area contributed by atoms with E-state index >= 15 is 0 Å². The maximum atomic E-state index is 10.5. The SMILES string of the molecule is CC(C)CCC[C@@H](C)[C@H]1CC[C@H]2[C@@H]3CC=C4C[C@@H](O)CC[C@]4(C)[C@H]3CC[C@]12C.O=C1O[C@H]([C@@H](O)CO)C(O)=C1O. The fourth-order valence-corrected chi connectivity index (χ4v) is 9.49. The molecule has 1 heterocycles. The summed E-state index contributed by atoms with van der Waals surface area (Å²) in [6, 6.07) is 0. The van der Waals surface area contributed by atoms with E-state index in [1.54, 1.807) is 5.57 Å². The van der Waals surface area contributed by atoms with Crippen molar-refractivity contribution in [1.29, 1.82) is 0 Å². The van der Waals surface area contributed by atoms with E-state index in [0.717, 1.165) is 48.3 Å². The second-order valence-electron chi connectivity index (χ2n) is 14.5. The molecule has 3 fully saturated rings. The lowest BCUT2D eigenvalue weighted by Crippen LogP contribution is -2.50. The molecule has 0 amide bonds. The molecular formula is C33H54O7. The minimum absolute atomic E-state index is 0.0766. The lowest BCUT2D eigenvalue weighted by molar-refractivity contribution is -0.147. The lowest BCUT2D eigenvalue weighted by Gasteiger charge is -2.58. The lowest BCUT2D eigenvalue weighted by atomic mass is 9.47. The summed E-state index contributed by atoms with van der Waals surface area (Å²) in [4.78, 5) is 10.5. The quantitative estimate of drug-likeness (QED) is 0.191. The standard InChI is InChI=1S/C27H46O.C6H8O6/c1-18(2)7-6-8-19(3)23-11-12-24-22-10-9-20-17-21(28)13-15-26(20,4)25(22)14-16-27(23,24)5;7-1-2(8)5-3(9)4(10)6(11)12-5/h9,18-19,21-25,28H,6-8,10-17H2,1-5H3;2,5,7-10H,1H2/t19-,21+,22+,23-,24+,25+,26+,27-;2-,5+/m10/s1. The molecular weight excluding hydrogens is 508 g/mol. The zero-order valence-electron chi connectivity index (χ0n) is 25.3. The Morgan fingerprint density at radius 1 is 1.02 bits per heavy atom. The summed E-state index contributed by atoms with van der Waals surface area (Å²) >= 11 is 0. The molecule has 228 valence electrons. The van der Waals surface area contributed by atoms with Gasteiger partial charge in [-0.05, 0) is 97.7 Å². The Balaban J connectivity index is 0.000000259. The van der Waals surface area contributed by atoms with Crippen molar-refractivity contribution in [2.45, 2.75) is 124 Å². The molecule has 0 radical (unpaired) electrons. The average Bonchev–Trinajstić information content (AvgIpc) is 3.40. The number of allylic oxidation sites excluding steroid dienone is 1. The number of aliphatic hydroxyl groups is 5. The van der Waals surface area contributed by atoms with Crippen molar-refractivity contribution in [3.8, 4) is 0 Å². The van der Waals surface area contributed by atoms with Crippen LogP contribution in [0.15, 0.2) is 23.2 Å². The van der Waals surface area contributed by atoms with Crippen LogP contribution in [0.1, 0.15) is 105 Å². The number of ether oxygens (including phenoxy) is 1. The van der Waals surface area contributed by atoms with Gasteiger partial charge in [0.25, 0.3) is 0 Å². The van der Waals surface area contributed by atoms with Crippen molar-refractivity contribution in [3.05, 3.63) is 23.2 Å². The highest BCUT2D eigenvalue weighted by Gasteiger charge is 2.59. The van der Waals surface area contributed by atoms with Gasteiger partial charge in [0.05, 0.1) is 12.7 Å². The van der Waals surface area contributed by atoms with Crippen LogP contribution in [0.3, 0.4) is 0 Å². The molecule has 0 aromatic heterocycles. The largest absolute Gasteiger partial charge is 0.505 e. The van der Waals surface area contributed by atoms with Crippen LogP contribution in [0.2, 0.25) is 0 Å². The molecule has 0 aromatic carbocycles. The molecule has 0 saturated heterocycles. The minimum atomic E-state index is -1.42. The first-order valence-corrected chi connectivity index (χ1v) is 15.8. The van der Waals surface area contributed by atoms with Crippen molar-refractivity contribution in [3.63, 3.8) is 0 Å². The van der Waals surface area contributed by atoms with E-state index in [0.29, 0.717) is 10.8 Å². The highest BCUT2D eigenvalue weighted by Crippen LogP contribution is 2.67. The van der Waals surface area contributed by atoms with Gasteiger partial charge in [0.1, 0.15) is 6.10 Å². The Morgan fingerprint density at radius 2 is 1.75 bits per heavy atom. The van der Waals surface area contributed by atoms with E-state index < -0.39 is 36.3 Å². The number of hydrogen-bond donors (Lipinski definition) is 5. The van der Waals surface area contributed by atoms with E-state index in [-0.39, 0.29) is 6.10 Å². The van der Waals surface area contributed by atoms with Crippen molar-refractivity contribution < 1.29 is 35.1 Å². The van der Waals surface area contributed by atoms with E-state index in [1.165, 1.54) is 57.8 Å². The van der Waals surface area contributed by atoms with Crippen LogP contribution >= 0.6 is 0 Å². The fourth-order valence-electron chi connectivity index (χ4n) is 9.49. The smallest absolute Gasteiger partial charge is 0.377 e. The Labute approximate surface area is 240 Å². The number of hydrogen-bond acceptors (Lipinski definition) is 7. The molecule has 7 nitrogen and oxygen atoms in total. The molecule has 0 aromatic rings. The van der Waals surface area contributed by atoms with E-state index in [2.05, 4.69) is 45.4 Å². The Morgan fingerprint density at radius 3 is 2.38 bits per heavy atom. The Kier molecular flexibility index (Phi) is 9.68. The summed E-state index contributed by atoms with van der Waals surface area (Å²) < 4.78 is 4.32. The molecule has 5 aliphatic rings. The van der Waals surface area contributed by atoms with Crippen molar-refractivity contribution >= 4 is 5.97 Å². The molecule has 10 atom stereocenters. The first-order valence-electron chi connectivity index (χ1n) is 15.8. The molecule has 0 spiro atoms. The fraction of sp³-hybridized carbons (Fsp3) is 0.848. The number of cyclic esters (lactones) is 1. The topological polar surface area (TPSA) is 127 Å². The molecule has 3 saturated carbocycles. The number of aliphatic hydroxyl groups excluding tert-OH is 5. The summed E-state index contributed by atoms with van der Waals surface area (Å²) in [5.74, 6) is 2.68. The first-order chi connectivity index (χ1) is 18.8. The van der Waals surface area contributed by atoms with Crippen LogP contribution in [0, 0.1) is 46.3 Å². The summed E-state index contributed by atoms with van der Waals surface area (Å²) in [7, 11) is 0. The summed E-state index contributed by atoms with van der Waals surface area (Å²) in [5, 5.41) is 45.3. The number of rotatable bonds is 7. The van der Waals surface area contributed by atoms with Crippen LogP contribution in [-0.4, -0.2) is 56.4 Å². The zero-order chi connectivity index (χ0) is 29.4. The second kappa shape index (κ2) is 12.3. The van der Waals surface area contributed by atoms with E-state index in [9.17, 15) is 9.90 Å². The van der Waals surface area contributed by atoms with Gasteiger partial charge in [-0.2, -0.15) is 0 Å².